The third-order valence-electron chi connectivity index (χ3n) is 3.39. The molecule has 0 bridgehead atoms. The van der Waals surface area contributed by atoms with Crippen molar-refractivity contribution in [2.24, 2.45) is 0 Å². The number of anilines is 1. The Kier molecular flexibility index (Phi) is 2.91. The van der Waals surface area contributed by atoms with Crippen LogP contribution in [0.4, 0.5) is 5.82 Å². The minimum atomic E-state index is -2.96. The molecule has 0 amide bonds. The first kappa shape index (κ1) is 12.1. The number of nitrogens with zero attached hydrogens (tertiary/aromatic N) is 3. The molecule has 8 heteroatoms. The van der Waals surface area contributed by atoms with Gasteiger partial charge in [0.05, 0.1) is 17.5 Å². The Morgan fingerprint density at radius 1 is 1.44 bits per heavy atom. The highest BCUT2D eigenvalue weighted by molar-refractivity contribution is 7.91. The maximum Gasteiger partial charge on any atom is 0.224 e. The van der Waals surface area contributed by atoms with Crippen molar-refractivity contribution >= 4 is 27.3 Å². The maximum atomic E-state index is 11.7. The van der Waals surface area contributed by atoms with Crippen LogP contribution in [0.25, 0.3) is 0 Å². The zero-order chi connectivity index (χ0) is 12.8. The Morgan fingerprint density at radius 2 is 2.28 bits per heavy atom. The van der Waals surface area contributed by atoms with E-state index < -0.39 is 9.84 Å². The molecule has 0 unspecified atom stereocenters. The quantitative estimate of drug-likeness (QED) is 0.716. The molecule has 3 rings (SSSR count). The van der Waals surface area contributed by atoms with Gasteiger partial charge in [0.2, 0.25) is 5.28 Å². The summed E-state index contributed by atoms with van der Waals surface area (Å²) in [6.45, 7) is 1.47. The first-order valence-electron chi connectivity index (χ1n) is 5.74. The third-order valence-corrected chi connectivity index (χ3v) is 5.29. The normalized spacial score (nSPS) is 30.2. The standard InChI is InChI=1S/C10H13ClN4O2S/c11-10-13-2-1-9(14-10)15-4-3-12-7-5-18(16,17)6-8(7)15/h1-2,7-8,12H,3-6H2/t7-,8-/m1/s1. The Hall–Kier alpha value is -0.920. The number of nitrogens with one attached hydrogen (secondary N) is 1. The predicted octanol–water partition coefficient (Wildman–Crippen LogP) is -0.295. The first-order valence-corrected chi connectivity index (χ1v) is 7.94. The van der Waals surface area contributed by atoms with Crippen LogP contribution < -0.4 is 10.2 Å². The summed E-state index contributed by atoms with van der Waals surface area (Å²) in [7, 11) is -2.96. The maximum absolute atomic E-state index is 11.7. The number of hydrogen-bond acceptors (Lipinski definition) is 6. The molecule has 0 radical (unpaired) electrons. The molecule has 18 heavy (non-hydrogen) atoms. The summed E-state index contributed by atoms with van der Waals surface area (Å²) in [4.78, 5) is 10.0. The molecule has 1 aromatic rings. The fourth-order valence-electron chi connectivity index (χ4n) is 2.64. The van der Waals surface area contributed by atoms with E-state index in [-0.39, 0.29) is 28.9 Å². The Bertz CT molecular complexity index is 565. The van der Waals surface area contributed by atoms with Crippen LogP contribution in [0.15, 0.2) is 12.3 Å². The van der Waals surface area contributed by atoms with Gasteiger partial charge < -0.3 is 10.2 Å². The molecule has 1 N–H and O–H groups in total. The summed E-state index contributed by atoms with van der Waals surface area (Å²) in [5.74, 6) is 1.07. The smallest absolute Gasteiger partial charge is 0.224 e. The molecule has 1 aromatic heterocycles. The minimum absolute atomic E-state index is 0.0162. The number of halogens is 1. The van der Waals surface area contributed by atoms with Crippen LogP contribution in [-0.2, 0) is 9.84 Å². The van der Waals surface area contributed by atoms with E-state index in [2.05, 4.69) is 15.3 Å². The summed E-state index contributed by atoms with van der Waals surface area (Å²) in [5.41, 5.74) is 0. The van der Waals surface area contributed by atoms with E-state index >= 15 is 0 Å². The molecular formula is C10H13ClN4O2S. The molecule has 3 heterocycles. The molecule has 0 aromatic carbocycles. The molecule has 2 aliphatic rings. The highest BCUT2D eigenvalue weighted by Crippen LogP contribution is 2.25. The lowest BCUT2D eigenvalue weighted by atomic mass is 10.1. The van der Waals surface area contributed by atoms with Gasteiger partial charge in [-0.15, -0.1) is 0 Å². The average molecular weight is 289 g/mol. The lowest BCUT2D eigenvalue weighted by Crippen LogP contribution is -2.57. The van der Waals surface area contributed by atoms with E-state index in [1.54, 1.807) is 12.3 Å². The molecular weight excluding hydrogens is 276 g/mol. The zero-order valence-corrected chi connectivity index (χ0v) is 11.2. The van der Waals surface area contributed by atoms with Crippen LogP contribution >= 0.6 is 11.6 Å². The minimum Gasteiger partial charge on any atom is -0.350 e. The summed E-state index contributed by atoms with van der Waals surface area (Å²) in [5, 5.41) is 3.44. The molecule has 0 saturated carbocycles. The second-order valence-corrected chi connectivity index (χ2v) is 7.07. The monoisotopic (exact) mass is 288 g/mol. The van der Waals surface area contributed by atoms with Crippen LogP contribution in [0.1, 0.15) is 0 Å². The van der Waals surface area contributed by atoms with Gasteiger partial charge in [-0.05, 0) is 17.7 Å². The highest BCUT2D eigenvalue weighted by Gasteiger charge is 2.43. The van der Waals surface area contributed by atoms with Crippen LogP contribution in [0.3, 0.4) is 0 Å². The van der Waals surface area contributed by atoms with Gasteiger partial charge >= 0.3 is 0 Å². The van der Waals surface area contributed by atoms with E-state index in [1.165, 1.54) is 0 Å². The third kappa shape index (κ3) is 2.17. The predicted molar refractivity (Wildman–Crippen MR) is 68.6 cm³/mol. The van der Waals surface area contributed by atoms with E-state index in [0.717, 1.165) is 13.1 Å². The van der Waals surface area contributed by atoms with Crippen LogP contribution in [0, 0.1) is 0 Å². The van der Waals surface area contributed by atoms with Gasteiger partial charge in [0.25, 0.3) is 0 Å². The summed E-state index contributed by atoms with van der Waals surface area (Å²) >= 11 is 5.78. The van der Waals surface area contributed by atoms with Crippen molar-refractivity contribution in [2.45, 2.75) is 12.1 Å². The van der Waals surface area contributed by atoms with Gasteiger partial charge in [0.1, 0.15) is 5.82 Å². The highest BCUT2D eigenvalue weighted by atomic mass is 35.5. The van der Waals surface area contributed by atoms with Crippen molar-refractivity contribution in [1.29, 1.82) is 0 Å². The van der Waals surface area contributed by atoms with Crippen LogP contribution in [0.2, 0.25) is 5.28 Å². The molecule has 6 nitrogen and oxygen atoms in total. The van der Waals surface area contributed by atoms with Gasteiger partial charge in [-0.25, -0.2) is 18.4 Å². The number of sulfone groups is 1. The number of hydrogen-bond donors (Lipinski definition) is 1. The van der Waals surface area contributed by atoms with Gasteiger partial charge in [-0.3, -0.25) is 0 Å². The Balaban J connectivity index is 1.93. The van der Waals surface area contributed by atoms with Gasteiger partial charge in [0.15, 0.2) is 9.84 Å². The number of aromatic nitrogens is 2. The molecule has 2 fully saturated rings. The molecule has 2 atom stereocenters. The van der Waals surface area contributed by atoms with E-state index in [4.69, 9.17) is 11.6 Å². The fraction of sp³-hybridized carbons (Fsp3) is 0.600. The first-order chi connectivity index (χ1) is 8.55. The van der Waals surface area contributed by atoms with Crippen LogP contribution in [0.5, 0.6) is 0 Å². The average Bonchev–Trinajstić information content (AvgIpc) is 2.62. The molecule has 2 aliphatic heterocycles. The van der Waals surface area contributed by atoms with Crippen molar-refractivity contribution in [3.05, 3.63) is 17.5 Å². The van der Waals surface area contributed by atoms with E-state index in [9.17, 15) is 8.42 Å². The van der Waals surface area contributed by atoms with Crippen molar-refractivity contribution in [2.75, 3.05) is 29.5 Å². The van der Waals surface area contributed by atoms with E-state index in [1.807, 2.05) is 4.90 Å². The lowest BCUT2D eigenvalue weighted by molar-refractivity contribution is 0.422. The lowest BCUT2D eigenvalue weighted by Gasteiger charge is -2.38. The van der Waals surface area contributed by atoms with Crippen molar-refractivity contribution in [1.82, 2.24) is 15.3 Å². The number of fused-ring (bicyclic) bond motifs is 1. The SMILES string of the molecule is O=S1(=O)C[C@@H]2[C@@H](C1)NCCN2c1ccnc(Cl)n1. The van der Waals surface area contributed by atoms with Crippen molar-refractivity contribution < 1.29 is 8.42 Å². The Labute approximate surface area is 110 Å². The zero-order valence-electron chi connectivity index (χ0n) is 9.58. The second kappa shape index (κ2) is 4.32. The van der Waals surface area contributed by atoms with Crippen LogP contribution in [-0.4, -0.2) is 55.1 Å². The largest absolute Gasteiger partial charge is 0.350 e. The molecule has 0 spiro atoms. The second-order valence-electron chi connectivity index (χ2n) is 4.58. The number of piperazine rings is 1. The van der Waals surface area contributed by atoms with E-state index in [0.29, 0.717) is 5.82 Å². The summed E-state index contributed by atoms with van der Waals surface area (Å²) in [6, 6.07) is 1.69. The topological polar surface area (TPSA) is 75.2 Å². The van der Waals surface area contributed by atoms with Gasteiger partial charge in [0, 0.05) is 25.3 Å². The summed E-state index contributed by atoms with van der Waals surface area (Å²) in [6.07, 6.45) is 1.59. The fourth-order valence-corrected chi connectivity index (χ4v) is 4.74. The number of rotatable bonds is 1. The Morgan fingerprint density at radius 3 is 3.06 bits per heavy atom. The van der Waals surface area contributed by atoms with Gasteiger partial charge in [-0.1, -0.05) is 0 Å². The van der Waals surface area contributed by atoms with Gasteiger partial charge in [-0.2, -0.15) is 0 Å². The van der Waals surface area contributed by atoms with Crippen molar-refractivity contribution in [3.8, 4) is 0 Å². The summed E-state index contributed by atoms with van der Waals surface area (Å²) < 4.78 is 23.4. The molecule has 98 valence electrons. The van der Waals surface area contributed by atoms with Crippen molar-refractivity contribution in [3.63, 3.8) is 0 Å². The molecule has 0 aliphatic carbocycles. The molecule has 2 saturated heterocycles.